The van der Waals surface area contributed by atoms with Gasteiger partial charge in [-0.1, -0.05) is 28.9 Å². The third kappa shape index (κ3) is 2.63. The van der Waals surface area contributed by atoms with Crippen molar-refractivity contribution in [3.63, 3.8) is 0 Å². The number of H-pyrrole nitrogens is 1. The van der Waals surface area contributed by atoms with Crippen molar-refractivity contribution < 1.29 is 4.52 Å². The van der Waals surface area contributed by atoms with E-state index in [4.69, 9.17) is 21.9 Å². The normalized spacial score (nSPS) is 10.8. The van der Waals surface area contributed by atoms with Crippen LogP contribution in [0.3, 0.4) is 0 Å². The summed E-state index contributed by atoms with van der Waals surface area (Å²) in [4.78, 5) is 5.25. The molecule has 0 fully saturated rings. The molecule has 20 heavy (non-hydrogen) atoms. The van der Waals surface area contributed by atoms with E-state index in [1.165, 1.54) is 0 Å². The van der Waals surface area contributed by atoms with Crippen LogP contribution in [-0.4, -0.2) is 20.3 Å². The number of nitrogen functional groups attached to an aromatic ring is 1. The van der Waals surface area contributed by atoms with Crippen LogP contribution in [0, 0.1) is 0 Å². The first kappa shape index (κ1) is 13.0. The Morgan fingerprint density at radius 2 is 2.20 bits per heavy atom. The number of anilines is 1. The fourth-order valence-corrected chi connectivity index (χ4v) is 2.67. The lowest BCUT2D eigenvalue weighted by Gasteiger charge is -2.00. The molecule has 6 nitrogen and oxygen atoms in total. The lowest BCUT2D eigenvalue weighted by Crippen LogP contribution is -1.88. The van der Waals surface area contributed by atoms with E-state index in [1.54, 1.807) is 18.0 Å². The maximum atomic E-state index is 6.08. The molecule has 0 spiro atoms. The zero-order valence-corrected chi connectivity index (χ0v) is 11.8. The van der Waals surface area contributed by atoms with Crippen molar-refractivity contribution in [3.8, 4) is 11.5 Å². The molecule has 0 saturated heterocycles. The number of nitrogens with one attached hydrogen (secondary N) is 1. The van der Waals surface area contributed by atoms with Gasteiger partial charge in [-0.3, -0.25) is 5.10 Å². The number of hydrogen-bond acceptors (Lipinski definition) is 6. The Hall–Kier alpha value is -1.99. The number of nitrogens with two attached hydrogens (primary N) is 1. The largest absolute Gasteiger partial charge is 0.383 e. The predicted octanol–water partition coefficient (Wildman–Crippen LogP) is 2.99. The third-order valence-corrected chi connectivity index (χ3v) is 4.07. The van der Waals surface area contributed by atoms with Gasteiger partial charge in [0.05, 0.1) is 17.0 Å². The van der Waals surface area contributed by atoms with E-state index in [-0.39, 0.29) is 0 Å². The molecule has 3 rings (SSSR count). The molecule has 0 bridgehead atoms. The molecule has 1 aromatic carbocycles. The summed E-state index contributed by atoms with van der Waals surface area (Å²) in [5.41, 5.74) is 6.30. The van der Waals surface area contributed by atoms with Crippen LogP contribution < -0.4 is 5.73 Å². The van der Waals surface area contributed by atoms with E-state index in [2.05, 4.69) is 20.3 Å². The van der Waals surface area contributed by atoms with Crippen molar-refractivity contribution in [2.24, 2.45) is 0 Å². The molecule has 0 atom stereocenters. The summed E-state index contributed by atoms with van der Waals surface area (Å²) < 4.78 is 5.16. The topological polar surface area (TPSA) is 93.6 Å². The average molecular weight is 308 g/mol. The first-order chi connectivity index (χ1) is 9.74. The molecule has 0 amide bonds. The van der Waals surface area contributed by atoms with Gasteiger partial charge in [0.25, 0.3) is 5.89 Å². The summed E-state index contributed by atoms with van der Waals surface area (Å²) in [6.45, 7) is 0. The quantitative estimate of drug-likeness (QED) is 0.720. The fraction of sp³-hybridized carbons (Fsp3) is 0.0833. The van der Waals surface area contributed by atoms with Crippen molar-refractivity contribution in [3.05, 3.63) is 41.3 Å². The molecule has 102 valence electrons. The van der Waals surface area contributed by atoms with Crippen molar-refractivity contribution in [1.29, 1.82) is 0 Å². The van der Waals surface area contributed by atoms with Gasteiger partial charge in [0.15, 0.2) is 5.82 Å². The summed E-state index contributed by atoms with van der Waals surface area (Å²) in [7, 11) is 0. The molecule has 3 aromatic rings. The van der Waals surface area contributed by atoms with Crippen molar-refractivity contribution in [2.45, 2.75) is 10.6 Å². The van der Waals surface area contributed by atoms with Gasteiger partial charge in [0, 0.05) is 4.90 Å². The summed E-state index contributed by atoms with van der Waals surface area (Å²) >= 11 is 7.63. The first-order valence-electron chi connectivity index (χ1n) is 5.73. The van der Waals surface area contributed by atoms with E-state index >= 15 is 0 Å². The van der Waals surface area contributed by atoms with Gasteiger partial charge in [0.2, 0.25) is 0 Å². The van der Waals surface area contributed by atoms with Gasteiger partial charge in [0.1, 0.15) is 11.4 Å². The third-order valence-electron chi connectivity index (χ3n) is 2.56. The molecule has 2 heterocycles. The second kappa shape index (κ2) is 5.56. The Balaban J connectivity index is 1.72. The molecule has 0 radical (unpaired) electrons. The molecule has 3 N–H and O–H groups in total. The predicted molar refractivity (Wildman–Crippen MR) is 77.3 cm³/mol. The highest BCUT2D eigenvalue weighted by Gasteiger charge is 2.13. The Bertz CT molecular complexity index is 726. The Labute approximate surface area is 123 Å². The number of nitrogens with zero attached hydrogens (tertiary/aromatic N) is 3. The molecule has 2 aromatic heterocycles. The number of benzene rings is 1. The van der Waals surface area contributed by atoms with E-state index in [0.717, 1.165) is 4.90 Å². The molecule has 0 aliphatic carbocycles. The molecule has 0 saturated carbocycles. The molecule has 0 aliphatic rings. The lowest BCUT2D eigenvalue weighted by atomic mass is 10.3. The van der Waals surface area contributed by atoms with Gasteiger partial charge in [-0.05, 0) is 12.1 Å². The van der Waals surface area contributed by atoms with Gasteiger partial charge < -0.3 is 10.3 Å². The highest BCUT2D eigenvalue weighted by atomic mass is 35.5. The van der Waals surface area contributed by atoms with Crippen molar-refractivity contribution in [1.82, 2.24) is 20.3 Å². The summed E-state index contributed by atoms with van der Waals surface area (Å²) in [5.74, 6) is 1.89. The number of aromatic amines is 1. The number of hydrogen-bond donors (Lipinski definition) is 2. The zero-order chi connectivity index (χ0) is 13.9. The Morgan fingerprint density at radius 3 is 2.95 bits per heavy atom. The van der Waals surface area contributed by atoms with Gasteiger partial charge in [-0.2, -0.15) is 10.1 Å². The summed E-state index contributed by atoms with van der Waals surface area (Å²) in [5, 5.41) is 11.1. The lowest BCUT2D eigenvalue weighted by molar-refractivity contribution is 0.425. The highest BCUT2D eigenvalue weighted by molar-refractivity contribution is 7.98. The molecular formula is C12H10ClN5OS. The number of thioether (sulfide) groups is 1. The average Bonchev–Trinajstić information content (AvgIpc) is 3.06. The molecule has 0 aliphatic heterocycles. The van der Waals surface area contributed by atoms with Crippen molar-refractivity contribution in [2.75, 3.05) is 5.73 Å². The summed E-state index contributed by atoms with van der Waals surface area (Å²) in [6.07, 6.45) is 1.55. The van der Waals surface area contributed by atoms with Crippen LogP contribution in [0.15, 0.2) is 39.9 Å². The zero-order valence-electron chi connectivity index (χ0n) is 10.2. The monoisotopic (exact) mass is 307 g/mol. The maximum Gasteiger partial charge on any atom is 0.263 e. The highest BCUT2D eigenvalue weighted by Crippen LogP contribution is 2.29. The van der Waals surface area contributed by atoms with Crippen LogP contribution >= 0.6 is 23.4 Å². The SMILES string of the molecule is Nc1[nH]ncc1-c1nc(CSc2ccccc2Cl)no1. The first-order valence-corrected chi connectivity index (χ1v) is 7.09. The number of rotatable bonds is 4. The smallest absolute Gasteiger partial charge is 0.263 e. The number of halogens is 1. The maximum absolute atomic E-state index is 6.08. The standard InChI is InChI=1S/C12H10ClN5OS/c13-8-3-1-2-4-9(8)20-6-10-16-12(19-18-10)7-5-15-17-11(7)14/h1-5H,6H2,(H3,14,15,17). The van der Waals surface area contributed by atoms with Crippen LogP contribution in [0.25, 0.3) is 11.5 Å². The number of aromatic nitrogens is 4. The molecule has 8 heteroatoms. The Kier molecular flexibility index (Phi) is 3.62. The summed E-state index contributed by atoms with van der Waals surface area (Å²) in [6, 6.07) is 7.61. The minimum Gasteiger partial charge on any atom is -0.383 e. The minimum absolute atomic E-state index is 0.353. The second-order valence-electron chi connectivity index (χ2n) is 3.93. The van der Waals surface area contributed by atoms with E-state index in [9.17, 15) is 0 Å². The minimum atomic E-state index is 0.353. The van der Waals surface area contributed by atoms with E-state index < -0.39 is 0 Å². The van der Waals surface area contributed by atoms with Crippen LogP contribution in [0.1, 0.15) is 5.82 Å². The van der Waals surface area contributed by atoms with Crippen LogP contribution in [0.5, 0.6) is 0 Å². The van der Waals surface area contributed by atoms with Crippen LogP contribution in [0.2, 0.25) is 5.02 Å². The second-order valence-corrected chi connectivity index (χ2v) is 5.36. The van der Waals surface area contributed by atoms with Gasteiger partial charge in [-0.25, -0.2) is 0 Å². The Morgan fingerprint density at radius 1 is 1.35 bits per heavy atom. The van der Waals surface area contributed by atoms with Gasteiger partial charge in [-0.15, -0.1) is 11.8 Å². The fourth-order valence-electron chi connectivity index (χ4n) is 1.59. The van der Waals surface area contributed by atoms with Crippen molar-refractivity contribution >= 4 is 29.2 Å². The molecule has 0 unspecified atom stereocenters. The molecular weight excluding hydrogens is 298 g/mol. The van der Waals surface area contributed by atoms with E-state index in [0.29, 0.717) is 33.9 Å². The van der Waals surface area contributed by atoms with Crippen LogP contribution in [-0.2, 0) is 5.75 Å². The van der Waals surface area contributed by atoms with E-state index in [1.807, 2.05) is 24.3 Å². The van der Waals surface area contributed by atoms with Gasteiger partial charge >= 0.3 is 0 Å². The van der Waals surface area contributed by atoms with Crippen LogP contribution in [0.4, 0.5) is 5.82 Å².